The largest absolute Gasteiger partial charge is 0.384 e. The average molecular weight is 231 g/mol. The number of halogens is 1. The number of nitrogens with two attached hydrogens (primary N) is 1. The molecule has 3 rings (SSSR count). The van der Waals surface area contributed by atoms with Crippen LogP contribution in [0.2, 0.25) is 0 Å². The molecule has 3 nitrogen and oxygen atoms in total. The van der Waals surface area contributed by atoms with Gasteiger partial charge in [-0.25, -0.2) is 9.07 Å². The van der Waals surface area contributed by atoms with Crippen molar-refractivity contribution in [2.24, 2.45) is 0 Å². The van der Waals surface area contributed by atoms with Gasteiger partial charge >= 0.3 is 0 Å². The third-order valence-corrected chi connectivity index (χ3v) is 3.43. The van der Waals surface area contributed by atoms with Gasteiger partial charge in [0.15, 0.2) is 0 Å². The minimum Gasteiger partial charge on any atom is -0.384 e. The van der Waals surface area contributed by atoms with Crippen molar-refractivity contribution in [2.45, 2.75) is 25.2 Å². The Bertz CT molecular complexity index is 553. The van der Waals surface area contributed by atoms with E-state index in [0.29, 0.717) is 5.82 Å². The summed E-state index contributed by atoms with van der Waals surface area (Å²) in [5.41, 5.74) is 7.95. The van der Waals surface area contributed by atoms with Crippen LogP contribution in [0.25, 0.3) is 5.69 Å². The maximum absolute atomic E-state index is 12.8. The lowest BCUT2D eigenvalue weighted by atomic mass is 10.1. The van der Waals surface area contributed by atoms with Crippen molar-refractivity contribution >= 4 is 5.82 Å². The highest BCUT2D eigenvalue weighted by Crippen LogP contribution is 2.47. The summed E-state index contributed by atoms with van der Waals surface area (Å²) in [6.45, 7) is 2.18. The zero-order valence-electron chi connectivity index (χ0n) is 9.65. The van der Waals surface area contributed by atoms with E-state index in [1.54, 1.807) is 16.8 Å². The van der Waals surface area contributed by atoms with Gasteiger partial charge in [0.05, 0.1) is 11.4 Å². The Hall–Kier alpha value is -1.84. The molecule has 17 heavy (non-hydrogen) atoms. The van der Waals surface area contributed by atoms with E-state index >= 15 is 0 Å². The monoisotopic (exact) mass is 231 g/mol. The molecule has 2 aromatic rings. The number of anilines is 1. The summed E-state index contributed by atoms with van der Waals surface area (Å²) in [6, 6.07) is 8.09. The van der Waals surface area contributed by atoms with Gasteiger partial charge in [-0.2, -0.15) is 5.10 Å². The predicted octanol–water partition coefficient (Wildman–Crippen LogP) is 2.65. The normalized spacial score (nSPS) is 17.1. The molecule has 1 aromatic carbocycles. The Morgan fingerprint density at radius 2 is 1.94 bits per heavy atom. The molecule has 0 saturated heterocycles. The van der Waals surface area contributed by atoms with E-state index in [1.165, 1.54) is 12.1 Å². The number of rotatable bonds is 2. The van der Waals surface area contributed by atoms with E-state index < -0.39 is 0 Å². The fraction of sp³-hybridized carbons (Fsp3) is 0.308. The van der Waals surface area contributed by atoms with E-state index in [1.807, 2.05) is 6.07 Å². The average Bonchev–Trinajstić information content (AvgIpc) is 2.93. The smallest absolute Gasteiger partial charge is 0.127 e. The van der Waals surface area contributed by atoms with Gasteiger partial charge in [-0.3, -0.25) is 0 Å². The highest BCUT2D eigenvalue weighted by atomic mass is 19.1. The first-order valence-electron chi connectivity index (χ1n) is 5.70. The second-order valence-corrected chi connectivity index (χ2v) is 4.90. The van der Waals surface area contributed by atoms with Crippen LogP contribution < -0.4 is 5.73 Å². The van der Waals surface area contributed by atoms with Gasteiger partial charge in [0.1, 0.15) is 11.6 Å². The number of aromatic nitrogens is 2. The molecule has 0 atom stereocenters. The second kappa shape index (κ2) is 3.32. The fourth-order valence-electron chi connectivity index (χ4n) is 1.92. The van der Waals surface area contributed by atoms with Crippen molar-refractivity contribution in [2.75, 3.05) is 5.73 Å². The van der Waals surface area contributed by atoms with Crippen molar-refractivity contribution in [3.05, 3.63) is 41.8 Å². The van der Waals surface area contributed by atoms with Crippen molar-refractivity contribution in [1.29, 1.82) is 0 Å². The van der Waals surface area contributed by atoms with Gasteiger partial charge in [-0.1, -0.05) is 6.92 Å². The summed E-state index contributed by atoms with van der Waals surface area (Å²) in [6.07, 6.45) is 2.32. The fourth-order valence-corrected chi connectivity index (χ4v) is 1.92. The quantitative estimate of drug-likeness (QED) is 0.863. The van der Waals surface area contributed by atoms with E-state index in [9.17, 15) is 4.39 Å². The topological polar surface area (TPSA) is 43.8 Å². The second-order valence-electron chi connectivity index (χ2n) is 4.90. The molecule has 1 aromatic heterocycles. The summed E-state index contributed by atoms with van der Waals surface area (Å²) in [7, 11) is 0. The highest BCUT2D eigenvalue weighted by molar-refractivity contribution is 5.45. The molecule has 0 radical (unpaired) electrons. The Morgan fingerprint density at radius 1 is 1.29 bits per heavy atom. The van der Waals surface area contributed by atoms with Crippen LogP contribution in [0.15, 0.2) is 30.3 Å². The minimum absolute atomic E-state index is 0.194. The molecule has 0 spiro atoms. The molecule has 88 valence electrons. The Kier molecular flexibility index (Phi) is 2.02. The van der Waals surface area contributed by atoms with Crippen LogP contribution in [0.3, 0.4) is 0 Å². The first-order valence-corrected chi connectivity index (χ1v) is 5.70. The number of hydrogen-bond acceptors (Lipinski definition) is 2. The predicted molar refractivity (Wildman–Crippen MR) is 64.5 cm³/mol. The molecule has 1 fully saturated rings. The lowest BCUT2D eigenvalue weighted by Crippen LogP contribution is -2.04. The van der Waals surface area contributed by atoms with E-state index in [0.717, 1.165) is 24.2 Å². The summed E-state index contributed by atoms with van der Waals surface area (Å²) < 4.78 is 14.5. The van der Waals surface area contributed by atoms with Gasteiger partial charge in [0, 0.05) is 11.5 Å². The van der Waals surface area contributed by atoms with Crippen molar-refractivity contribution in [1.82, 2.24) is 9.78 Å². The van der Waals surface area contributed by atoms with Crippen molar-refractivity contribution in [3.8, 4) is 5.69 Å². The first kappa shape index (κ1) is 10.3. The van der Waals surface area contributed by atoms with Crippen LogP contribution in [0.1, 0.15) is 25.5 Å². The van der Waals surface area contributed by atoms with Gasteiger partial charge < -0.3 is 5.73 Å². The molecule has 1 aliphatic carbocycles. The maximum Gasteiger partial charge on any atom is 0.127 e. The standard InChI is InChI=1S/C13H14FN3/c1-13(6-7-13)11-8-12(15)17(16-11)10-4-2-9(14)3-5-10/h2-5,8H,6-7,15H2,1H3. The van der Waals surface area contributed by atoms with Crippen molar-refractivity contribution < 1.29 is 4.39 Å². The highest BCUT2D eigenvalue weighted by Gasteiger charge is 2.41. The van der Waals surface area contributed by atoms with E-state index in [-0.39, 0.29) is 11.2 Å². The molecule has 1 aliphatic rings. The minimum atomic E-state index is -0.256. The zero-order valence-corrected chi connectivity index (χ0v) is 9.65. The summed E-state index contributed by atoms with van der Waals surface area (Å²) >= 11 is 0. The molecule has 1 saturated carbocycles. The SMILES string of the molecule is CC1(c2cc(N)n(-c3ccc(F)cc3)n2)CC1. The van der Waals surface area contributed by atoms with Crippen LogP contribution in [0.5, 0.6) is 0 Å². The molecule has 0 unspecified atom stereocenters. The molecule has 0 amide bonds. The van der Waals surface area contributed by atoms with Crippen molar-refractivity contribution in [3.63, 3.8) is 0 Å². The molecular weight excluding hydrogens is 217 g/mol. The Balaban J connectivity index is 2.03. The van der Waals surface area contributed by atoms with Crippen LogP contribution >= 0.6 is 0 Å². The molecule has 2 N–H and O–H groups in total. The molecular formula is C13H14FN3. The molecule has 0 aliphatic heterocycles. The summed E-state index contributed by atoms with van der Waals surface area (Å²) in [4.78, 5) is 0. The van der Waals surface area contributed by atoms with Gasteiger partial charge in [0.25, 0.3) is 0 Å². The van der Waals surface area contributed by atoms with Crippen LogP contribution in [-0.4, -0.2) is 9.78 Å². The number of hydrogen-bond donors (Lipinski definition) is 1. The van der Waals surface area contributed by atoms with Crippen LogP contribution in [-0.2, 0) is 5.41 Å². The lowest BCUT2D eigenvalue weighted by Gasteiger charge is -2.04. The number of nitrogens with zero attached hydrogens (tertiary/aromatic N) is 2. The first-order chi connectivity index (χ1) is 8.08. The Morgan fingerprint density at radius 3 is 2.53 bits per heavy atom. The lowest BCUT2D eigenvalue weighted by molar-refractivity contribution is 0.626. The van der Waals surface area contributed by atoms with Gasteiger partial charge in [0.2, 0.25) is 0 Å². The molecule has 4 heteroatoms. The number of benzene rings is 1. The zero-order chi connectivity index (χ0) is 12.0. The van der Waals surface area contributed by atoms with Gasteiger partial charge in [-0.05, 0) is 37.1 Å². The van der Waals surface area contributed by atoms with Crippen LogP contribution in [0.4, 0.5) is 10.2 Å². The summed E-state index contributed by atoms with van der Waals surface area (Å²) in [5, 5.41) is 4.51. The maximum atomic E-state index is 12.8. The third-order valence-electron chi connectivity index (χ3n) is 3.43. The van der Waals surface area contributed by atoms with Gasteiger partial charge in [-0.15, -0.1) is 0 Å². The third kappa shape index (κ3) is 1.69. The van der Waals surface area contributed by atoms with E-state index in [4.69, 9.17) is 5.73 Å². The summed E-state index contributed by atoms with van der Waals surface area (Å²) in [5.74, 6) is 0.341. The molecule has 1 heterocycles. The van der Waals surface area contributed by atoms with E-state index in [2.05, 4.69) is 12.0 Å². The molecule has 0 bridgehead atoms. The van der Waals surface area contributed by atoms with Crippen LogP contribution in [0, 0.1) is 5.82 Å². The number of nitrogen functional groups attached to an aromatic ring is 1. The Labute approximate surface area is 99.1 Å².